The molecule has 2 aliphatic heterocycles. The summed E-state index contributed by atoms with van der Waals surface area (Å²) in [5.74, 6) is -0.198. The van der Waals surface area contributed by atoms with Crippen LogP contribution in [-0.4, -0.2) is 85.5 Å². The zero-order chi connectivity index (χ0) is 17.6. The fraction of sp³-hybridized carbons (Fsp3) is 0.556. The first-order valence-corrected chi connectivity index (χ1v) is 8.81. The van der Waals surface area contributed by atoms with Gasteiger partial charge < -0.3 is 15.4 Å². The molecule has 2 fully saturated rings. The highest BCUT2D eigenvalue weighted by Crippen LogP contribution is 2.22. The van der Waals surface area contributed by atoms with Gasteiger partial charge in [0.1, 0.15) is 6.04 Å². The van der Waals surface area contributed by atoms with E-state index in [2.05, 4.69) is 9.80 Å². The minimum absolute atomic E-state index is 0.150. The average Bonchev–Trinajstić information content (AvgIpc) is 2.64. The van der Waals surface area contributed by atoms with Gasteiger partial charge in [0.05, 0.1) is 19.8 Å². The molecule has 2 heterocycles. The summed E-state index contributed by atoms with van der Waals surface area (Å²) in [7, 11) is 0. The Morgan fingerprint density at radius 1 is 1.00 bits per heavy atom. The summed E-state index contributed by atoms with van der Waals surface area (Å²) in [4.78, 5) is 30.5. The molecule has 1 aromatic rings. The molecule has 0 aromatic heterocycles. The first kappa shape index (κ1) is 17.8. The number of morpholine rings is 1. The van der Waals surface area contributed by atoms with Gasteiger partial charge in [0, 0.05) is 39.3 Å². The highest BCUT2D eigenvalue weighted by Gasteiger charge is 2.30. The molecule has 7 nitrogen and oxygen atoms in total. The molecule has 0 aliphatic carbocycles. The van der Waals surface area contributed by atoms with Crippen molar-refractivity contribution in [3.63, 3.8) is 0 Å². The number of amides is 2. The molecule has 0 radical (unpaired) electrons. The van der Waals surface area contributed by atoms with E-state index in [0.717, 1.165) is 18.7 Å². The third kappa shape index (κ3) is 4.56. The lowest BCUT2D eigenvalue weighted by Crippen LogP contribution is -2.54. The van der Waals surface area contributed by atoms with Gasteiger partial charge in [0.25, 0.3) is 0 Å². The van der Waals surface area contributed by atoms with E-state index in [1.165, 1.54) is 0 Å². The first-order chi connectivity index (χ1) is 12.1. The Kier molecular flexibility index (Phi) is 6.01. The summed E-state index contributed by atoms with van der Waals surface area (Å²) < 4.78 is 5.31. The summed E-state index contributed by atoms with van der Waals surface area (Å²) in [5.41, 5.74) is 6.54. The van der Waals surface area contributed by atoms with E-state index in [1.54, 1.807) is 0 Å². The number of rotatable bonds is 5. The predicted molar refractivity (Wildman–Crippen MR) is 93.8 cm³/mol. The highest BCUT2D eigenvalue weighted by atomic mass is 16.5. The Balaban J connectivity index is 1.55. The molecule has 3 rings (SSSR count). The van der Waals surface area contributed by atoms with Crippen molar-refractivity contribution in [1.29, 1.82) is 0 Å². The number of ether oxygens (including phenoxy) is 1. The van der Waals surface area contributed by atoms with Crippen molar-refractivity contribution in [2.24, 2.45) is 5.73 Å². The molecule has 1 aromatic carbocycles. The van der Waals surface area contributed by atoms with E-state index in [-0.39, 0.29) is 11.8 Å². The number of nitrogens with zero attached hydrogens (tertiary/aromatic N) is 3. The highest BCUT2D eigenvalue weighted by molar-refractivity contribution is 5.81. The third-order valence-electron chi connectivity index (χ3n) is 4.88. The minimum atomic E-state index is -0.433. The summed E-state index contributed by atoms with van der Waals surface area (Å²) in [6, 6.07) is 9.15. The quantitative estimate of drug-likeness (QED) is 0.791. The Morgan fingerprint density at radius 2 is 1.64 bits per heavy atom. The van der Waals surface area contributed by atoms with Crippen LogP contribution in [0.1, 0.15) is 11.6 Å². The molecule has 1 unspecified atom stereocenters. The number of benzene rings is 1. The summed E-state index contributed by atoms with van der Waals surface area (Å²) in [6.45, 7) is 6.00. The van der Waals surface area contributed by atoms with Gasteiger partial charge in [-0.1, -0.05) is 30.3 Å². The molecule has 136 valence electrons. The van der Waals surface area contributed by atoms with Gasteiger partial charge >= 0.3 is 0 Å². The van der Waals surface area contributed by atoms with Crippen molar-refractivity contribution >= 4 is 11.8 Å². The molecule has 0 saturated carbocycles. The topological polar surface area (TPSA) is 79.1 Å². The van der Waals surface area contributed by atoms with E-state index in [0.29, 0.717) is 45.9 Å². The smallest absolute Gasteiger partial charge is 0.239 e. The number of carbonyl (C=O) groups excluding carboxylic acids is 2. The van der Waals surface area contributed by atoms with Crippen LogP contribution in [0.15, 0.2) is 30.3 Å². The van der Waals surface area contributed by atoms with Crippen LogP contribution in [-0.2, 0) is 14.3 Å². The monoisotopic (exact) mass is 346 g/mol. The largest absolute Gasteiger partial charge is 0.379 e. The first-order valence-electron chi connectivity index (χ1n) is 8.81. The molecule has 2 saturated heterocycles. The molecule has 2 amide bonds. The number of primary amides is 1. The maximum absolute atomic E-state index is 12.5. The summed E-state index contributed by atoms with van der Waals surface area (Å²) in [6.07, 6.45) is 0. The lowest BCUT2D eigenvalue weighted by molar-refractivity contribution is -0.136. The lowest BCUT2D eigenvalue weighted by atomic mass is 10.0. The van der Waals surface area contributed by atoms with Crippen molar-refractivity contribution in [2.75, 3.05) is 59.0 Å². The van der Waals surface area contributed by atoms with Gasteiger partial charge in [-0.05, 0) is 5.56 Å². The van der Waals surface area contributed by atoms with Crippen LogP contribution in [0.5, 0.6) is 0 Å². The van der Waals surface area contributed by atoms with E-state index in [9.17, 15) is 9.59 Å². The van der Waals surface area contributed by atoms with Gasteiger partial charge in [-0.3, -0.25) is 19.4 Å². The SMILES string of the molecule is NC(=O)C(c1ccccc1)N1CCN(C(=O)CN2CCOCC2)CC1. The second kappa shape index (κ2) is 8.42. The van der Waals surface area contributed by atoms with Crippen molar-refractivity contribution < 1.29 is 14.3 Å². The van der Waals surface area contributed by atoms with Crippen LogP contribution in [0.2, 0.25) is 0 Å². The summed E-state index contributed by atoms with van der Waals surface area (Å²) in [5, 5.41) is 0. The molecule has 7 heteroatoms. The van der Waals surface area contributed by atoms with Gasteiger partial charge in [-0.2, -0.15) is 0 Å². The van der Waals surface area contributed by atoms with E-state index >= 15 is 0 Å². The molecule has 0 bridgehead atoms. The number of piperazine rings is 1. The van der Waals surface area contributed by atoms with E-state index in [1.807, 2.05) is 35.2 Å². The summed E-state index contributed by atoms with van der Waals surface area (Å²) >= 11 is 0. The molecule has 1 atom stereocenters. The van der Waals surface area contributed by atoms with E-state index in [4.69, 9.17) is 10.5 Å². The number of hydrogen-bond donors (Lipinski definition) is 1. The number of nitrogens with two attached hydrogens (primary N) is 1. The average molecular weight is 346 g/mol. The maximum atomic E-state index is 12.5. The Bertz CT molecular complexity index is 581. The molecule has 25 heavy (non-hydrogen) atoms. The molecule has 0 spiro atoms. The van der Waals surface area contributed by atoms with Crippen LogP contribution in [0.25, 0.3) is 0 Å². The predicted octanol–water partition coefficient (Wildman–Crippen LogP) is -0.311. The van der Waals surface area contributed by atoms with Crippen LogP contribution >= 0.6 is 0 Å². The molecular formula is C18H26N4O3. The van der Waals surface area contributed by atoms with Gasteiger partial charge in [-0.25, -0.2) is 0 Å². The second-order valence-electron chi connectivity index (χ2n) is 6.52. The second-order valence-corrected chi connectivity index (χ2v) is 6.52. The Hall–Kier alpha value is -1.96. The molecule has 2 aliphatic rings. The standard InChI is InChI=1S/C18H26N4O3/c19-18(24)17(15-4-2-1-3-5-15)22-8-6-21(7-9-22)16(23)14-20-10-12-25-13-11-20/h1-5,17H,6-14H2,(H2,19,24). The fourth-order valence-electron chi connectivity index (χ4n) is 3.47. The number of carbonyl (C=O) groups is 2. The van der Waals surface area contributed by atoms with Crippen LogP contribution in [0, 0.1) is 0 Å². The van der Waals surface area contributed by atoms with Gasteiger partial charge in [-0.15, -0.1) is 0 Å². The van der Waals surface area contributed by atoms with Crippen molar-refractivity contribution in [3.05, 3.63) is 35.9 Å². The minimum Gasteiger partial charge on any atom is -0.379 e. The van der Waals surface area contributed by atoms with Crippen molar-refractivity contribution in [1.82, 2.24) is 14.7 Å². The molecule has 2 N–H and O–H groups in total. The van der Waals surface area contributed by atoms with Crippen LogP contribution in [0.3, 0.4) is 0 Å². The van der Waals surface area contributed by atoms with Crippen LogP contribution < -0.4 is 5.73 Å². The van der Waals surface area contributed by atoms with Crippen molar-refractivity contribution in [3.8, 4) is 0 Å². The fourth-order valence-corrected chi connectivity index (χ4v) is 3.47. The zero-order valence-corrected chi connectivity index (χ0v) is 14.5. The van der Waals surface area contributed by atoms with Crippen LogP contribution in [0.4, 0.5) is 0 Å². The maximum Gasteiger partial charge on any atom is 0.239 e. The Labute approximate surface area is 148 Å². The third-order valence-corrected chi connectivity index (χ3v) is 4.88. The number of hydrogen-bond acceptors (Lipinski definition) is 5. The Morgan fingerprint density at radius 3 is 2.24 bits per heavy atom. The van der Waals surface area contributed by atoms with Crippen molar-refractivity contribution in [2.45, 2.75) is 6.04 Å². The lowest BCUT2D eigenvalue weighted by Gasteiger charge is -2.39. The zero-order valence-electron chi connectivity index (χ0n) is 14.5. The van der Waals surface area contributed by atoms with Gasteiger partial charge in [0.2, 0.25) is 11.8 Å². The molecular weight excluding hydrogens is 320 g/mol. The van der Waals surface area contributed by atoms with E-state index < -0.39 is 6.04 Å². The normalized spacial score (nSPS) is 21.0. The van der Waals surface area contributed by atoms with Gasteiger partial charge in [0.15, 0.2) is 0 Å².